The largest absolute Gasteiger partial charge is 0.444 e. The van der Waals surface area contributed by atoms with Gasteiger partial charge in [0.2, 0.25) is 0 Å². The summed E-state index contributed by atoms with van der Waals surface area (Å²) in [6.07, 6.45) is 4.17. The van der Waals surface area contributed by atoms with Crippen LogP contribution in [0.3, 0.4) is 0 Å². The van der Waals surface area contributed by atoms with Crippen molar-refractivity contribution in [2.24, 2.45) is 5.92 Å². The van der Waals surface area contributed by atoms with E-state index in [1.165, 1.54) is 6.33 Å². The Kier molecular flexibility index (Phi) is 5.90. The van der Waals surface area contributed by atoms with Gasteiger partial charge in [0.25, 0.3) is 0 Å². The first-order chi connectivity index (χ1) is 13.2. The van der Waals surface area contributed by atoms with Gasteiger partial charge in [-0.15, -0.1) is 0 Å². The lowest BCUT2D eigenvalue weighted by molar-refractivity contribution is 0.0524. The number of carbonyl (C=O) groups is 2. The summed E-state index contributed by atoms with van der Waals surface area (Å²) in [5.41, 5.74) is 0.495. The van der Waals surface area contributed by atoms with E-state index in [0.717, 1.165) is 43.7 Å². The third-order valence-corrected chi connectivity index (χ3v) is 5.02. The number of hydrogen-bond acceptors (Lipinski definition) is 6. The van der Waals surface area contributed by atoms with Gasteiger partial charge in [-0.25, -0.2) is 19.6 Å². The fraction of sp³-hybridized carbons (Fsp3) is 0.684. The Balaban J connectivity index is 1.49. The van der Waals surface area contributed by atoms with Crippen LogP contribution >= 0.6 is 0 Å². The van der Waals surface area contributed by atoms with Crippen molar-refractivity contribution < 1.29 is 14.3 Å². The molecule has 0 atom stereocenters. The Hall–Kier alpha value is -2.58. The number of aromatic nitrogens is 2. The summed E-state index contributed by atoms with van der Waals surface area (Å²) in [6, 6.07) is -0.145. The van der Waals surface area contributed by atoms with E-state index < -0.39 is 5.60 Å². The molecule has 2 aliphatic rings. The van der Waals surface area contributed by atoms with E-state index in [9.17, 15) is 9.59 Å². The molecular formula is C19H30N6O3. The Bertz CT molecular complexity index is 725. The number of urea groups is 1. The molecule has 9 nitrogen and oxygen atoms in total. The van der Waals surface area contributed by atoms with Crippen LogP contribution in [0.25, 0.3) is 0 Å². The highest BCUT2D eigenvalue weighted by Crippen LogP contribution is 2.31. The minimum Gasteiger partial charge on any atom is -0.444 e. The van der Waals surface area contributed by atoms with Gasteiger partial charge in [0.05, 0.1) is 12.1 Å². The molecule has 28 heavy (non-hydrogen) atoms. The van der Waals surface area contributed by atoms with E-state index in [-0.39, 0.29) is 12.1 Å². The zero-order chi connectivity index (χ0) is 20.3. The molecule has 1 aromatic rings. The lowest BCUT2D eigenvalue weighted by atomic mass is 9.93. The lowest BCUT2D eigenvalue weighted by Crippen LogP contribution is -2.40. The third kappa shape index (κ3) is 5.02. The molecule has 2 aliphatic heterocycles. The van der Waals surface area contributed by atoms with Crippen LogP contribution < -0.4 is 15.5 Å². The Morgan fingerprint density at radius 2 is 2.04 bits per heavy atom. The molecule has 1 saturated heterocycles. The fourth-order valence-corrected chi connectivity index (χ4v) is 3.56. The van der Waals surface area contributed by atoms with Crippen molar-refractivity contribution >= 4 is 23.8 Å². The molecule has 3 rings (SSSR count). The van der Waals surface area contributed by atoms with Crippen LogP contribution in [0, 0.1) is 5.92 Å². The number of hydrogen-bond donors (Lipinski definition) is 2. The third-order valence-electron chi connectivity index (χ3n) is 5.02. The predicted octanol–water partition coefficient (Wildman–Crippen LogP) is 2.59. The predicted molar refractivity (Wildman–Crippen MR) is 106 cm³/mol. The molecule has 3 amide bonds. The van der Waals surface area contributed by atoms with Crippen LogP contribution in [0.4, 0.5) is 21.2 Å². The summed E-state index contributed by atoms with van der Waals surface area (Å²) < 4.78 is 5.26. The van der Waals surface area contributed by atoms with Gasteiger partial charge in [0, 0.05) is 26.7 Å². The van der Waals surface area contributed by atoms with Crippen molar-refractivity contribution in [2.75, 3.05) is 36.9 Å². The van der Waals surface area contributed by atoms with Gasteiger partial charge in [0.1, 0.15) is 23.6 Å². The second-order valence-electron chi connectivity index (χ2n) is 8.46. The molecule has 2 N–H and O–H groups in total. The maximum absolute atomic E-state index is 11.8. The Morgan fingerprint density at radius 1 is 1.32 bits per heavy atom. The van der Waals surface area contributed by atoms with E-state index >= 15 is 0 Å². The number of nitrogens with zero attached hydrogens (tertiary/aromatic N) is 4. The topological polar surface area (TPSA) is 99.7 Å². The molecule has 0 spiro atoms. The molecule has 0 aliphatic carbocycles. The van der Waals surface area contributed by atoms with Crippen LogP contribution in [0.1, 0.15) is 45.6 Å². The van der Waals surface area contributed by atoms with Gasteiger partial charge in [-0.2, -0.15) is 0 Å². The van der Waals surface area contributed by atoms with Crippen LogP contribution in [0.5, 0.6) is 0 Å². The number of ether oxygens (including phenoxy) is 1. The van der Waals surface area contributed by atoms with Gasteiger partial charge in [-0.05, 0) is 46.0 Å². The molecule has 0 bridgehead atoms. The van der Waals surface area contributed by atoms with Crippen molar-refractivity contribution in [1.29, 1.82) is 0 Å². The van der Waals surface area contributed by atoms with Crippen LogP contribution in [-0.2, 0) is 11.3 Å². The van der Waals surface area contributed by atoms with E-state index in [4.69, 9.17) is 4.74 Å². The molecule has 1 fully saturated rings. The zero-order valence-electron chi connectivity index (χ0n) is 17.1. The van der Waals surface area contributed by atoms with E-state index in [1.54, 1.807) is 11.9 Å². The van der Waals surface area contributed by atoms with E-state index in [2.05, 4.69) is 25.5 Å². The van der Waals surface area contributed by atoms with Crippen LogP contribution in [0.15, 0.2) is 6.33 Å². The fourth-order valence-electron chi connectivity index (χ4n) is 3.56. The molecule has 0 unspecified atom stereocenters. The SMILES string of the molecule is CN1Cc2c(ncnc2N2CCC(CCNC(=O)OC(C)(C)C)CC2)NC1=O. The second kappa shape index (κ2) is 8.20. The second-order valence-corrected chi connectivity index (χ2v) is 8.46. The number of piperidine rings is 1. The first-order valence-corrected chi connectivity index (χ1v) is 9.81. The highest BCUT2D eigenvalue weighted by atomic mass is 16.6. The van der Waals surface area contributed by atoms with Crippen molar-refractivity contribution in [2.45, 2.75) is 52.2 Å². The first-order valence-electron chi connectivity index (χ1n) is 9.81. The van der Waals surface area contributed by atoms with Crippen LogP contribution in [0.2, 0.25) is 0 Å². The van der Waals surface area contributed by atoms with Gasteiger partial charge >= 0.3 is 12.1 Å². The monoisotopic (exact) mass is 390 g/mol. The molecule has 3 heterocycles. The highest BCUT2D eigenvalue weighted by Gasteiger charge is 2.28. The highest BCUT2D eigenvalue weighted by molar-refractivity contribution is 5.91. The van der Waals surface area contributed by atoms with Crippen molar-refractivity contribution in [3.05, 3.63) is 11.9 Å². The number of nitrogens with one attached hydrogen (secondary N) is 2. The van der Waals surface area contributed by atoms with E-state index in [1.807, 2.05) is 20.8 Å². The van der Waals surface area contributed by atoms with Gasteiger partial charge in [0.15, 0.2) is 0 Å². The summed E-state index contributed by atoms with van der Waals surface area (Å²) in [5.74, 6) is 2.07. The molecule has 1 aromatic heterocycles. The molecule has 9 heteroatoms. The first kappa shape index (κ1) is 20.2. The number of amides is 3. The van der Waals surface area contributed by atoms with E-state index in [0.29, 0.717) is 24.8 Å². The van der Waals surface area contributed by atoms with Crippen molar-refractivity contribution in [3.63, 3.8) is 0 Å². The number of alkyl carbamates (subject to hydrolysis) is 1. The number of anilines is 2. The van der Waals surface area contributed by atoms with Gasteiger partial charge in [-0.1, -0.05) is 0 Å². The Labute approximate surface area is 165 Å². The van der Waals surface area contributed by atoms with Gasteiger partial charge < -0.3 is 19.9 Å². The molecule has 154 valence electrons. The summed E-state index contributed by atoms with van der Waals surface area (Å²) in [6.45, 7) is 8.51. The van der Waals surface area contributed by atoms with Gasteiger partial charge in [-0.3, -0.25) is 5.32 Å². The molecule has 0 radical (unpaired) electrons. The molecule has 0 saturated carbocycles. The molecule has 0 aromatic carbocycles. The standard InChI is InChI=1S/C19H30N6O3/c1-19(2,3)28-18(27)20-8-5-13-6-9-25(10-7-13)16-14-11-24(4)17(26)23-15(14)21-12-22-16/h12-13H,5-11H2,1-4H3,(H,20,27)(H,21,22,23,26). The maximum atomic E-state index is 11.8. The Morgan fingerprint density at radius 3 is 2.71 bits per heavy atom. The average Bonchev–Trinajstić information content (AvgIpc) is 2.61. The summed E-state index contributed by atoms with van der Waals surface area (Å²) >= 11 is 0. The quantitative estimate of drug-likeness (QED) is 0.820. The minimum absolute atomic E-state index is 0.145. The van der Waals surface area contributed by atoms with Crippen molar-refractivity contribution in [1.82, 2.24) is 20.2 Å². The summed E-state index contributed by atoms with van der Waals surface area (Å²) in [4.78, 5) is 36.1. The van der Waals surface area contributed by atoms with Crippen molar-refractivity contribution in [3.8, 4) is 0 Å². The zero-order valence-corrected chi connectivity index (χ0v) is 17.1. The lowest BCUT2D eigenvalue weighted by Gasteiger charge is -2.35. The maximum Gasteiger partial charge on any atom is 0.407 e. The molecular weight excluding hydrogens is 360 g/mol. The minimum atomic E-state index is -0.473. The average molecular weight is 390 g/mol. The number of carbonyl (C=O) groups excluding carboxylic acids is 2. The number of fused-ring (bicyclic) bond motifs is 1. The summed E-state index contributed by atoms with van der Waals surface area (Å²) in [7, 11) is 1.76. The summed E-state index contributed by atoms with van der Waals surface area (Å²) in [5, 5.41) is 5.65. The normalized spacial score (nSPS) is 17.8. The van der Waals surface area contributed by atoms with Crippen LogP contribution in [-0.4, -0.2) is 59.3 Å². The smallest absolute Gasteiger partial charge is 0.407 e. The number of rotatable bonds is 4.